The zero-order valence-corrected chi connectivity index (χ0v) is 9.77. The highest BCUT2D eigenvalue weighted by molar-refractivity contribution is 4.96. The third kappa shape index (κ3) is 2.59. The van der Waals surface area contributed by atoms with E-state index in [0.29, 0.717) is 31.2 Å². The van der Waals surface area contributed by atoms with Gasteiger partial charge in [0.05, 0.1) is 24.7 Å². The molecule has 0 aromatic carbocycles. The van der Waals surface area contributed by atoms with E-state index < -0.39 is 5.60 Å². The molecule has 16 heavy (non-hydrogen) atoms. The normalized spacial score (nSPS) is 29.8. The van der Waals surface area contributed by atoms with E-state index in [4.69, 9.17) is 9.26 Å². The third-order valence-corrected chi connectivity index (χ3v) is 2.77. The van der Waals surface area contributed by atoms with Crippen LogP contribution in [0.25, 0.3) is 0 Å². The SMILES string of the molecule is CCCc1noc(C[C@]2(O)CO[C@@H](C)C2)n1. The van der Waals surface area contributed by atoms with E-state index in [-0.39, 0.29) is 6.10 Å². The fraction of sp³-hybridized carbons (Fsp3) is 0.818. The van der Waals surface area contributed by atoms with E-state index >= 15 is 0 Å². The van der Waals surface area contributed by atoms with Gasteiger partial charge in [-0.15, -0.1) is 0 Å². The van der Waals surface area contributed by atoms with Crippen LogP contribution in [0.5, 0.6) is 0 Å². The monoisotopic (exact) mass is 226 g/mol. The Balaban J connectivity index is 1.97. The molecule has 0 spiro atoms. The fourth-order valence-corrected chi connectivity index (χ4v) is 2.04. The van der Waals surface area contributed by atoms with Gasteiger partial charge in [0, 0.05) is 12.8 Å². The van der Waals surface area contributed by atoms with Crippen LogP contribution in [0, 0.1) is 0 Å². The molecule has 0 aliphatic carbocycles. The minimum atomic E-state index is -0.838. The number of aromatic nitrogens is 2. The molecule has 1 aliphatic rings. The number of ether oxygens (including phenoxy) is 1. The second-order valence-electron chi connectivity index (χ2n) is 4.58. The maximum atomic E-state index is 10.2. The average molecular weight is 226 g/mol. The van der Waals surface area contributed by atoms with Crippen molar-refractivity contribution in [1.29, 1.82) is 0 Å². The molecule has 0 unspecified atom stereocenters. The minimum Gasteiger partial charge on any atom is -0.387 e. The van der Waals surface area contributed by atoms with Crippen LogP contribution < -0.4 is 0 Å². The lowest BCUT2D eigenvalue weighted by Crippen LogP contribution is -2.32. The molecule has 1 aromatic rings. The van der Waals surface area contributed by atoms with Crippen molar-refractivity contribution < 1.29 is 14.4 Å². The fourth-order valence-electron chi connectivity index (χ4n) is 2.04. The van der Waals surface area contributed by atoms with Crippen molar-refractivity contribution in [3.05, 3.63) is 11.7 Å². The molecule has 0 saturated carbocycles. The van der Waals surface area contributed by atoms with Crippen LogP contribution in [0.15, 0.2) is 4.52 Å². The molecule has 0 radical (unpaired) electrons. The van der Waals surface area contributed by atoms with Gasteiger partial charge in [0.15, 0.2) is 5.82 Å². The lowest BCUT2D eigenvalue weighted by Gasteiger charge is -2.17. The number of aryl methyl sites for hydroxylation is 1. The predicted octanol–water partition coefficient (Wildman–Crippen LogP) is 1.10. The molecule has 2 rings (SSSR count). The number of rotatable bonds is 4. The molecular formula is C11H18N2O3. The summed E-state index contributed by atoms with van der Waals surface area (Å²) in [5.74, 6) is 1.22. The summed E-state index contributed by atoms with van der Waals surface area (Å²) in [6.45, 7) is 4.37. The Morgan fingerprint density at radius 3 is 3.00 bits per heavy atom. The lowest BCUT2D eigenvalue weighted by atomic mass is 9.97. The van der Waals surface area contributed by atoms with Gasteiger partial charge in [-0.25, -0.2) is 0 Å². The topological polar surface area (TPSA) is 68.4 Å². The average Bonchev–Trinajstić information content (AvgIpc) is 2.75. The van der Waals surface area contributed by atoms with Crippen LogP contribution in [-0.4, -0.2) is 33.6 Å². The molecule has 1 aliphatic heterocycles. The van der Waals surface area contributed by atoms with Crippen LogP contribution in [-0.2, 0) is 17.6 Å². The molecule has 90 valence electrons. The van der Waals surface area contributed by atoms with Crippen LogP contribution in [0.3, 0.4) is 0 Å². The molecule has 1 saturated heterocycles. The Labute approximate surface area is 94.8 Å². The summed E-state index contributed by atoms with van der Waals surface area (Å²) in [4.78, 5) is 4.24. The van der Waals surface area contributed by atoms with E-state index in [9.17, 15) is 5.11 Å². The van der Waals surface area contributed by atoms with Crippen LogP contribution >= 0.6 is 0 Å². The Bertz CT molecular complexity index is 353. The first kappa shape index (κ1) is 11.5. The van der Waals surface area contributed by atoms with Crippen molar-refractivity contribution in [2.24, 2.45) is 0 Å². The van der Waals surface area contributed by atoms with Gasteiger partial charge < -0.3 is 14.4 Å². The quantitative estimate of drug-likeness (QED) is 0.832. The molecular weight excluding hydrogens is 208 g/mol. The third-order valence-electron chi connectivity index (χ3n) is 2.77. The zero-order chi connectivity index (χ0) is 11.6. The largest absolute Gasteiger partial charge is 0.387 e. The smallest absolute Gasteiger partial charge is 0.229 e. The van der Waals surface area contributed by atoms with Gasteiger partial charge in [0.25, 0.3) is 0 Å². The first-order chi connectivity index (χ1) is 7.61. The maximum absolute atomic E-state index is 10.2. The molecule has 0 bridgehead atoms. The lowest BCUT2D eigenvalue weighted by molar-refractivity contribution is 0.0173. The second kappa shape index (κ2) is 4.51. The summed E-state index contributed by atoms with van der Waals surface area (Å²) in [6, 6.07) is 0. The number of hydrogen-bond donors (Lipinski definition) is 1. The van der Waals surface area contributed by atoms with E-state index in [2.05, 4.69) is 17.1 Å². The van der Waals surface area contributed by atoms with Crippen molar-refractivity contribution in [3.63, 3.8) is 0 Å². The Kier molecular flexibility index (Phi) is 3.25. The van der Waals surface area contributed by atoms with Crippen molar-refractivity contribution in [2.75, 3.05) is 6.61 Å². The van der Waals surface area contributed by atoms with E-state index in [1.54, 1.807) is 0 Å². The Morgan fingerprint density at radius 1 is 1.56 bits per heavy atom. The standard InChI is InChI=1S/C11H18N2O3/c1-3-4-9-12-10(16-13-9)6-11(14)5-8(2)15-7-11/h8,14H,3-7H2,1-2H3/t8-,11-/m0/s1. The second-order valence-corrected chi connectivity index (χ2v) is 4.58. The van der Waals surface area contributed by atoms with Crippen molar-refractivity contribution >= 4 is 0 Å². The molecule has 0 amide bonds. The predicted molar refractivity (Wildman–Crippen MR) is 57.0 cm³/mol. The van der Waals surface area contributed by atoms with E-state index in [0.717, 1.165) is 12.8 Å². The van der Waals surface area contributed by atoms with Crippen molar-refractivity contribution in [3.8, 4) is 0 Å². The molecule has 1 fully saturated rings. The number of hydrogen-bond acceptors (Lipinski definition) is 5. The van der Waals surface area contributed by atoms with Gasteiger partial charge in [-0.3, -0.25) is 0 Å². The number of aliphatic hydroxyl groups is 1. The van der Waals surface area contributed by atoms with Gasteiger partial charge >= 0.3 is 0 Å². The molecule has 5 heteroatoms. The summed E-state index contributed by atoms with van der Waals surface area (Å²) < 4.78 is 10.5. The molecule has 1 N–H and O–H groups in total. The van der Waals surface area contributed by atoms with Crippen LogP contribution in [0.2, 0.25) is 0 Å². The van der Waals surface area contributed by atoms with Gasteiger partial charge in [-0.1, -0.05) is 12.1 Å². The van der Waals surface area contributed by atoms with Crippen molar-refractivity contribution in [1.82, 2.24) is 10.1 Å². The minimum absolute atomic E-state index is 0.100. The van der Waals surface area contributed by atoms with Crippen molar-refractivity contribution in [2.45, 2.75) is 51.2 Å². The summed E-state index contributed by atoms with van der Waals surface area (Å²) in [7, 11) is 0. The summed E-state index contributed by atoms with van der Waals surface area (Å²) in [5, 5.41) is 14.1. The van der Waals surface area contributed by atoms with Gasteiger partial charge in [-0.2, -0.15) is 4.98 Å². The zero-order valence-electron chi connectivity index (χ0n) is 9.77. The molecule has 1 aromatic heterocycles. The van der Waals surface area contributed by atoms with Crippen LogP contribution in [0.4, 0.5) is 0 Å². The van der Waals surface area contributed by atoms with Gasteiger partial charge in [0.1, 0.15) is 0 Å². The van der Waals surface area contributed by atoms with E-state index in [1.807, 2.05) is 6.92 Å². The Hall–Kier alpha value is -0.940. The maximum Gasteiger partial charge on any atom is 0.229 e. The first-order valence-corrected chi connectivity index (χ1v) is 5.77. The van der Waals surface area contributed by atoms with Crippen LogP contribution in [0.1, 0.15) is 38.4 Å². The van der Waals surface area contributed by atoms with E-state index in [1.165, 1.54) is 0 Å². The summed E-state index contributed by atoms with van der Waals surface area (Å²) in [6.07, 6.45) is 2.91. The number of nitrogens with zero attached hydrogens (tertiary/aromatic N) is 2. The van der Waals surface area contributed by atoms with Gasteiger partial charge in [0.2, 0.25) is 5.89 Å². The Morgan fingerprint density at radius 2 is 2.38 bits per heavy atom. The molecule has 2 atom stereocenters. The highest BCUT2D eigenvalue weighted by Gasteiger charge is 2.38. The summed E-state index contributed by atoms with van der Waals surface area (Å²) in [5.41, 5.74) is -0.838. The summed E-state index contributed by atoms with van der Waals surface area (Å²) >= 11 is 0. The highest BCUT2D eigenvalue weighted by Crippen LogP contribution is 2.27. The molecule has 5 nitrogen and oxygen atoms in total. The highest BCUT2D eigenvalue weighted by atomic mass is 16.5. The first-order valence-electron chi connectivity index (χ1n) is 5.77. The molecule has 2 heterocycles. The van der Waals surface area contributed by atoms with Gasteiger partial charge in [-0.05, 0) is 13.3 Å².